The van der Waals surface area contributed by atoms with E-state index in [1.807, 2.05) is 81.4 Å². The molecule has 2 rings (SSSR count). The van der Waals surface area contributed by atoms with Crippen molar-refractivity contribution in [3.8, 4) is 0 Å². The molecule has 2 heteroatoms. The maximum absolute atomic E-state index is 12.1. The SMILES string of the molecule is CC(C)(C)OC(=O)C=C(c1ccccc1)c1ccccc1. The Morgan fingerprint density at radius 3 is 1.67 bits per heavy atom. The average molecular weight is 280 g/mol. The zero-order valence-corrected chi connectivity index (χ0v) is 12.7. The van der Waals surface area contributed by atoms with Crippen LogP contribution in [-0.2, 0) is 9.53 Å². The summed E-state index contributed by atoms with van der Waals surface area (Å²) in [5, 5.41) is 0. The zero-order chi connectivity index (χ0) is 15.3. The first kappa shape index (κ1) is 15.0. The molecular formula is C19H20O2. The Morgan fingerprint density at radius 2 is 1.29 bits per heavy atom. The maximum Gasteiger partial charge on any atom is 0.331 e. The van der Waals surface area contributed by atoms with E-state index in [4.69, 9.17) is 4.74 Å². The number of rotatable bonds is 3. The molecule has 0 fully saturated rings. The average Bonchev–Trinajstić information content (AvgIpc) is 2.45. The monoisotopic (exact) mass is 280 g/mol. The summed E-state index contributed by atoms with van der Waals surface area (Å²) in [6.07, 6.45) is 1.57. The van der Waals surface area contributed by atoms with Crippen molar-refractivity contribution in [3.63, 3.8) is 0 Å². The number of hydrogen-bond donors (Lipinski definition) is 0. The lowest BCUT2D eigenvalue weighted by Crippen LogP contribution is -2.22. The lowest BCUT2D eigenvalue weighted by atomic mass is 9.97. The smallest absolute Gasteiger partial charge is 0.331 e. The first-order valence-electron chi connectivity index (χ1n) is 7.01. The quantitative estimate of drug-likeness (QED) is 0.613. The van der Waals surface area contributed by atoms with Crippen molar-refractivity contribution in [2.75, 3.05) is 0 Å². The van der Waals surface area contributed by atoms with E-state index in [-0.39, 0.29) is 5.97 Å². The Hall–Kier alpha value is -2.35. The summed E-state index contributed by atoms with van der Waals surface area (Å²) in [5.41, 5.74) is 2.36. The number of carbonyl (C=O) groups is 1. The van der Waals surface area contributed by atoms with Gasteiger partial charge in [-0.05, 0) is 37.5 Å². The van der Waals surface area contributed by atoms with Crippen LogP contribution < -0.4 is 0 Å². The van der Waals surface area contributed by atoms with Gasteiger partial charge in [0.25, 0.3) is 0 Å². The maximum atomic E-state index is 12.1. The Morgan fingerprint density at radius 1 is 0.857 bits per heavy atom. The van der Waals surface area contributed by atoms with Crippen LogP contribution in [0.5, 0.6) is 0 Å². The van der Waals surface area contributed by atoms with Gasteiger partial charge in [-0.3, -0.25) is 0 Å². The minimum atomic E-state index is -0.494. The van der Waals surface area contributed by atoms with E-state index in [1.165, 1.54) is 0 Å². The number of esters is 1. The van der Waals surface area contributed by atoms with Gasteiger partial charge in [-0.2, -0.15) is 0 Å². The standard InChI is InChI=1S/C19H20O2/c1-19(2,3)21-18(20)14-17(15-10-6-4-7-11-15)16-12-8-5-9-13-16/h4-14H,1-3H3. The normalized spacial score (nSPS) is 10.8. The van der Waals surface area contributed by atoms with E-state index in [0.29, 0.717) is 0 Å². The van der Waals surface area contributed by atoms with Crippen LogP contribution in [0.15, 0.2) is 66.7 Å². The highest BCUT2D eigenvalue weighted by atomic mass is 16.6. The van der Waals surface area contributed by atoms with E-state index >= 15 is 0 Å². The van der Waals surface area contributed by atoms with Crippen molar-refractivity contribution in [1.82, 2.24) is 0 Å². The molecular weight excluding hydrogens is 260 g/mol. The minimum Gasteiger partial charge on any atom is -0.457 e. The summed E-state index contributed by atoms with van der Waals surface area (Å²) in [6, 6.07) is 19.7. The fourth-order valence-corrected chi connectivity index (χ4v) is 2.02. The summed E-state index contributed by atoms with van der Waals surface area (Å²) in [4.78, 5) is 12.1. The predicted octanol–water partition coefficient (Wildman–Crippen LogP) is 4.46. The Kier molecular flexibility index (Phi) is 4.59. The highest BCUT2D eigenvalue weighted by Crippen LogP contribution is 2.23. The lowest BCUT2D eigenvalue weighted by molar-refractivity contribution is -0.148. The van der Waals surface area contributed by atoms with E-state index in [2.05, 4.69) is 0 Å². The first-order valence-corrected chi connectivity index (χ1v) is 7.01. The molecule has 0 saturated carbocycles. The second-order valence-electron chi connectivity index (χ2n) is 5.82. The van der Waals surface area contributed by atoms with Gasteiger partial charge in [0.2, 0.25) is 0 Å². The van der Waals surface area contributed by atoms with E-state index in [0.717, 1.165) is 16.7 Å². The Balaban J connectivity index is 2.40. The van der Waals surface area contributed by atoms with Crippen LogP contribution in [0, 0.1) is 0 Å². The van der Waals surface area contributed by atoms with Gasteiger partial charge in [0.15, 0.2) is 0 Å². The van der Waals surface area contributed by atoms with Gasteiger partial charge in [-0.25, -0.2) is 4.79 Å². The second kappa shape index (κ2) is 6.40. The van der Waals surface area contributed by atoms with Gasteiger partial charge in [-0.15, -0.1) is 0 Å². The van der Waals surface area contributed by atoms with E-state index < -0.39 is 5.60 Å². The number of ether oxygens (including phenoxy) is 1. The van der Waals surface area contributed by atoms with Crippen LogP contribution in [0.1, 0.15) is 31.9 Å². The van der Waals surface area contributed by atoms with Crippen LogP contribution in [0.2, 0.25) is 0 Å². The summed E-state index contributed by atoms with van der Waals surface area (Å²) in [5.74, 6) is -0.329. The second-order valence-corrected chi connectivity index (χ2v) is 5.82. The fraction of sp³-hybridized carbons (Fsp3) is 0.211. The molecule has 21 heavy (non-hydrogen) atoms. The molecule has 0 radical (unpaired) electrons. The summed E-state index contributed by atoms with van der Waals surface area (Å²) >= 11 is 0. The molecule has 2 aromatic rings. The van der Waals surface area contributed by atoms with Gasteiger partial charge in [0, 0.05) is 6.08 Å². The number of hydrogen-bond acceptors (Lipinski definition) is 2. The Labute approximate surface area is 126 Å². The molecule has 0 aromatic heterocycles. The van der Waals surface area contributed by atoms with Crippen molar-refractivity contribution < 1.29 is 9.53 Å². The fourth-order valence-electron chi connectivity index (χ4n) is 2.02. The van der Waals surface area contributed by atoms with Crippen LogP contribution >= 0.6 is 0 Å². The molecule has 0 aliphatic rings. The molecule has 0 spiro atoms. The number of benzene rings is 2. The van der Waals surface area contributed by atoms with Crippen molar-refractivity contribution in [2.24, 2.45) is 0 Å². The highest BCUT2D eigenvalue weighted by molar-refractivity contribution is 5.96. The lowest BCUT2D eigenvalue weighted by Gasteiger charge is -2.18. The summed E-state index contributed by atoms with van der Waals surface area (Å²) in [7, 11) is 0. The van der Waals surface area contributed by atoms with Crippen LogP contribution in [0.4, 0.5) is 0 Å². The van der Waals surface area contributed by atoms with Crippen LogP contribution in [-0.4, -0.2) is 11.6 Å². The third-order valence-electron chi connectivity index (χ3n) is 2.84. The largest absolute Gasteiger partial charge is 0.457 e. The highest BCUT2D eigenvalue weighted by Gasteiger charge is 2.16. The molecule has 0 aliphatic carbocycles. The molecule has 0 saturated heterocycles. The molecule has 0 bridgehead atoms. The molecule has 0 unspecified atom stereocenters. The minimum absolute atomic E-state index is 0.329. The van der Waals surface area contributed by atoms with Crippen LogP contribution in [0.3, 0.4) is 0 Å². The summed E-state index contributed by atoms with van der Waals surface area (Å²) < 4.78 is 5.40. The molecule has 0 atom stereocenters. The predicted molar refractivity (Wildman–Crippen MR) is 85.8 cm³/mol. The van der Waals surface area contributed by atoms with Gasteiger partial charge >= 0.3 is 5.97 Å². The molecule has 0 amide bonds. The number of carbonyl (C=O) groups excluding carboxylic acids is 1. The molecule has 0 aliphatic heterocycles. The van der Waals surface area contributed by atoms with Gasteiger partial charge in [-0.1, -0.05) is 60.7 Å². The molecule has 2 aromatic carbocycles. The van der Waals surface area contributed by atoms with Gasteiger partial charge in [0.1, 0.15) is 5.60 Å². The van der Waals surface area contributed by atoms with Crippen molar-refractivity contribution in [3.05, 3.63) is 77.9 Å². The zero-order valence-electron chi connectivity index (χ0n) is 12.7. The van der Waals surface area contributed by atoms with Gasteiger partial charge < -0.3 is 4.74 Å². The Bertz CT molecular complexity index is 578. The van der Waals surface area contributed by atoms with E-state index in [1.54, 1.807) is 6.08 Å². The summed E-state index contributed by atoms with van der Waals surface area (Å²) in [6.45, 7) is 5.59. The molecule has 2 nitrogen and oxygen atoms in total. The first-order chi connectivity index (χ1) is 9.96. The molecule has 0 N–H and O–H groups in total. The van der Waals surface area contributed by atoms with Crippen molar-refractivity contribution in [1.29, 1.82) is 0 Å². The third kappa shape index (κ3) is 4.60. The van der Waals surface area contributed by atoms with Crippen LogP contribution in [0.25, 0.3) is 5.57 Å². The third-order valence-corrected chi connectivity index (χ3v) is 2.84. The van der Waals surface area contributed by atoms with Gasteiger partial charge in [0.05, 0.1) is 0 Å². The van der Waals surface area contributed by atoms with Crippen molar-refractivity contribution in [2.45, 2.75) is 26.4 Å². The van der Waals surface area contributed by atoms with Crippen molar-refractivity contribution >= 4 is 11.5 Å². The topological polar surface area (TPSA) is 26.3 Å². The van der Waals surface area contributed by atoms with E-state index in [9.17, 15) is 4.79 Å². The molecule has 0 heterocycles. The molecule has 108 valence electrons.